The number of hydrogen-bond donors (Lipinski definition) is 2. The van der Waals surface area contributed by atoms with Gasteiger partial charge in [-0.2, -0.15) is 0 Å². The summed E-state index contributed by atoms with van der Waals surface area (Å²) in [6.45, 7) is 22.0. The summed E-state index contributed by atoms with van der Waals surface area (Å²) in [6, 6.07) is 9.01. The van der Waals surface area contributed by atoms with E-state index in [4.69, 9.17) is 0 Å². The molecule has 0 aliphatic rings. The van der Waals surface area contributed by atoms with Crippen molar-refractivity contribution in [1.29, 1.82) is 0 Å². The Labute approximate surface area is 241 Å². The maximum Gasteiger partial charge on any atom is 0.123 e. The van der Waals surface area contributed by atoms with E-state index in [0.29, 0.717) is 23.3 Å². The van der Waals surface area contributed by atoms with Crippen LogP contribution in [0.25, 0.3) is 0 Å². The van der Waals surface area contributed by atoms with E-state index >= 15 is 0 Å². The normalized spacial score (nSPS) is 12.6. The summed E-state index contributed by atoms with van der Waals surface area (Å²) >= 11 is 0. The highest BCUT2D eigenvalue weighted by atomic mass is 16.3. The SMILES string of the molecule is CC(C)Cc1cc(CCCCCCCCCc2cc(C(C)(C)C)c(O)c(C(C)(C)C)c2)cc(CC(C)C)c1O. The van der Waals surface area contributed by atoms with E-state index < -0.39 is 0 Å². The lowest BCUT2D eigenvalue weighted by molar-refractivity contribution is 0.422. The number of benzene rings is 2. The molecule has 0 aliphatic carbocycles. The van der Waals surface area contributed by atoms with Crippen LogP contribution in [0.15, 0.2) is 24.3 Å². The Balaban J connectivity index is 1.81. The Hall–Kier alpha value is -1.96. The number of aryl methyl sites for hydroxylation is 2. The van der Waals surface area contributed by atoms with E-state index in [0.717, 1.165) is 47.9 Å². The lowest BCUT2D eigenvalue weighted by atomic mass is 9.78. The van der Waals surface area contributed by atoms with Crippen LogP contribution >= 0.6 is 0 Å². The Morgan fingerprint density at radius 3 is 1.18 bits per heavy atom. The van der Waals surface area contributed by atoms with Crippen molar-refractivity contribution < 1.29 is 10.2 Å². The van der Waals surface area contributed by atoms with Crippen LogP contribution in [-0.4, -0.2) is 10.2 Å². The first-order valence-corrected chi connectivity index (χ1v) is 15.8. The van der Waals surface area contributed by atoms with Gasteiger partial charge in [-0.1, -0.05) is 126 Å². The fourth-order valence-electron chi connectivity index (χ4n) is 5.69. The number of phenolic OH excluding ortho intramolecular Hbond substituents is 2. The molecule has 0 saturated heterocycles. The van der Waals surface area contributed by atoms with Gasteiger partial charge in [0.1, 0.15) is 11.5 Å². The van der Waals surface area contributed by atoms with E-state index in [1.54, 1.807) is 0 Å². The van der Waals surface area contributed by atoms with Crippen molar-refractivity contribution in [1.82, 2.24) is 0 Å². The highest BCUT2D eigenvalue weighted by Gasteiger charge is 2.26. The van der Waals surface area contributed by atoms with Crippen LogP contribution in [-0.2, 0) is 36.5 Å². The van der Waals surface area contributed by atoms with Crippen LogP contribution in [0.2, 0.25) is 0 Å². The standard InChI is InChI=1S/C37H60O2/c1-26(2)20-30-22-28(23-31(34(30)38)21-27(3)4)18-16-14-12-11-13-15-17-19-29-24-32(36(5,6)7)35(39)33(25-29)37(8,9)10/h22-27,38-39H,11-21H2,1-10H3. The molecule has 0 amide bonds. The molecule has 0 aliphatic heterocycles. The number of aromatic hydroxyl groups is 2. The molecule has 0 spiro atoms. The summed E-state index contributed by atoms with van der Waals surface area (Å²) in [5, 5.41) is 21.8. The Bertz CT molecular complexity index is 964. The van der Waals surface area contributed by atoms with Crippen molar-refractivity contribution in [3.63, 3.8) is 0 Å². The van der Waals surface area contributed by atoms with Gasteiger partial charge in [0.2, 0.25) is 0 Å². The lowest BCUT2D eigenvalue weighted by Gasteiger charge is -2.28. The molecule has 2 aromatic carbocycles. The fraction of sp³-hybridized carbons (Fsp3) is 0.676. The summed E-state index contributed by atoms with van der Waals surface area (Å²) in [5.41, 5.74) is 7.06. The second kappa shape index (κ2) is 14.6. The van der Waals surface area contributed by atoms with Crippen LogP contribution in [0.1, 0.15) is 148 Å². The molecule has 0 saturated carbocycles. The molecule has 0 aromatic heterocycles. The predicted octanol–water partition coefficient (Wildman–Crippen LogP) is 10.6. The van der Waals surface area contributed by atoms with Crippen molar-refractivity contribution in [2.24, 2.45) is 11.8 Å². The second-order valence-corrected chi connectivity index (χ2v) is 15.0. The average molecular weight is 537 g/mol. The maximum atomic E-state index is 11.0. The largest absolute Gasteiger partial charge is 0.507 e. The molecule has 2 aromatic rings. The first-order chi connectivity index (χ1) is 18.1. The third-order valence-corrected chi connectivity index (χ3v) is 7.80. The topological polar surface area (TPSA) is 40.5 Å². The van der Waals surface area contributed by atoms with Gasteiger partial charge in [0.05, 0.1) is 0 Å². The summed E-state index contributed by atoms with van der Waals surface area (Å²) in [5.74, 6) is 2.12. The maximum absolute atomic E-state index is 11.0. The summed E-state index contributed by atoms with van der Waals surface area (Å²) in [4.78, 5) is 0. The van der Waals surface area contributed by atoms with Crippen molar-refractivity contribution in [3.8, 4) is 11.5 Å². The molecule has 0 atom stereocenters. The highest BCUT2D eigenvalue weighted by molar-refractivity contribution is 5.50. The molecule has 39 heavy (non-hydrogen) atoms. The van der Waals surface area contributed by atoms with E-state index in [1.165, 1.54) is 56.1 Å². The third-order valence-electron chi connectivity index (χ3n) is 7.80. The summed E-state index contributed by atoms with van der Waals surface area (Å²) < 4.78 is 0. The van der Waals surface area contributed by atoms with E-state index in [-0.39, 0.29) is 10.8 Å². The molecule has 0 unspecified atom stereocenters. The molecule has 0 bridgehead atoms. The second-order valence-electron chi connectivity index (χ2n) is 15.0. The van der Waals surface area contributed by atoms with Crippen molar-refractivity contribution >= 4 is 0 Å². The quantitative estimate of drug-likeness (QED) is 0.236. The zero-order valence-electron chi connectivity index (χ0n) is 27.1. The number of unbranched alkanes of at least 4 members (excludes halogenated alkanes) is 6. The molecular formula is C37H60O2. The zero-order chi connectivity index (χ0) is 29.4. The molecule has 2 nitrogen and oxygen atoms in total. The molecule has 220 valence electrons. The molecule has 0 heterocycles. The number of rotatable bonds is 14. The minimum atomic E-state index is -0.0633. The highest BCUT2D eigenvalue weighted by Crippen LogP contribution is 2.40. The minimum Gasteiger partial charge on any atom is -0.507 e. The van der Waals surface area contributed by atoms with Crippen molar-refractivity contribution in [2.45, 2.75) is 151 Å². The van der Waals surface area contributed by atoms with Gasteiger partial charge in [-0.25, -0.2) is 0 Å². The zero-order valence-corrected chi connectivity index (χ0v) is 27.1. The van der Waals surface area contributed by atoms with Crippen LogP contribution in [0.3, 0.4) is 0 Å². The monoisotopic (exact) mass is 536 g/mol. The molecule has 0 fully saturated rings. The van der Waals surface area contributed by atoms with Crippen LogP contribution in [0, 0.1) is 11.8 Å². The van der Waals surface area contributed by atoms with Gasteiger partial charge >= 0.3 is 0 Å². The van der Waals surface area contributed by atoms with E-state index in [9.17, 15) is 10.2 Å². The Morgan fingerprint density at radius 2 is 0.846 bits per heavy atom. The van der Waals surface area contributed by atoms with Crippen LogP contribution in [0.4, 0.5) is 0 Å². The lowest BCUT2D eigenvalue weighted by Crippen LogP contribution is -2.18. The van der Waals surface area contributed by atoms with E-state index in [2.05, 4.69) is 93.5 Å². The van der Waals surface area contributed by atoms with Gasteiger partial charge < -0.3 is 10.2 Å². The number of hydrogen-bond acceptors (Lipinski definition) is 2. The van der Waals surface area contributed by atoms with Crippen molar-refractivity contribution in [3.05, 3.63) is 57.6 Å². The van der Waals surface area contributed by atoms with Gasteiger partial charge in [0.25, 0.3) is 0 Å². The molecule has 2 heteroatoms. The predicted molar refractivity (Wildman–Crippen MR) is 170 cm³/mol. The minimum absolute atomic E-state index is 0.0633. The van der Waals surface area contributed by atoms with Crippen molar-refractivity contribution in [2.75, 3.05) is 0 Å². The molecule has 0 radical (unpaired) electrons. The summed E-state index contributed by atoms with van der Waals surface area (Å²) in [7, 11) is 0. The molecular weight excluding hydrogens is 476 g/mol. The first kappa shape index (κ1) is 33.2. The molecule has 2 N–H and O–H groups in total. The average Bonchev–Trinajstić information content (AvgIpc) is 2.79. The van der Waals surface area contributed by atoms with Crippen LogP contribution in [0.5, 0.6) is 11.5 Å². The fourth-order valence-corrected chi connectivity index (χ4v) is 5.69. The van der Waals surface area contributed by atoms with Crippen LogP contribution < -0.4 is 0 Å². The summed E-state index contributed by atoms with van der Waals surface area (Å²) in [6.07, 6.45) is 13.0. The van der Waals surface area contributed by atoms with Gasteiger partial charge in [-0.05, 0) is 94.6 Å². The number of phenols is 2. The Kier molecular flexibility index (Phi) is 12.5. The smallest absolute Gasteiger partial charge is 0.123 e. The van der Waals surface area contributed by atoms with E-state index in [1.807, 2.05) is 0 Å². The third kappa shape index (κ3) is 10.8. The van der Waals surface area contributed by atoms with Gasteiger partial charge in [-0.15, -0.1) is 0 Å². The Morgan fingerprint density at radius 1 is 0.513 bits per heavy atom. The first-order valence-electron chi connectivity index (χ1n) is 15.8. The van der Waals surface area contributed by atoms with Gasteiger partial charge in [-0.3, -0.25) is 0 Å². The molecule has 2 rings (SSSR count). The van der Waals surface area contributed by atoms with Gasteiger partial charge in [0.15, 0.2) is 0 Å². The van der Waals surface area contributed by atoms with Gasteiger partial charge in [0, 0.05) is 0 Å².